The van der Waals surface area contributed by atoms with Gasteiger partial charge >= 0.3 is 0 Å². The lowest BCUT2D eigenvalue weighted by Crippen LogP contribution is -2.29. The second kappa shape index (κ2) is 7.09. The van der Waals surface area contributed by atoms with Crippen molar-refractivity contribution < 1.29 is 13.2 Å². The molecule has 0 spiro atoms. The third kappa shape index (κ3) is 3.59. The van der Waals surface area contributed by atoms with Crippen LogP contribution >= 0.6 is 0 Å². The number of hydrogen-bond acceptors (Lipinski definition) is 7. The van der Waals surface area contributed by atoms with E-state index >= 15 is 0 Å². The standard InChI is InChI=1S/C18H17N7O3S/c1-11-7-8-13(9-15(11)25-10-19-23-24-25)21-18(26)12(2)20-17-14-5-3-4-6-16(14)29(27,28)22-17/h3-10,12H,1-2H3,(H,20,22)(H,21,26)/t12-/m0/s1. The van der Waals surface area contributed by atoms with E-state index < -0.39 is 16.1 Å². The van der Waals surface area contributed by atoms with Crippen molar-refractivity contribution in [2.45, 2.75) is 24.8 Å². The summed E-state index contributed by atoms with van der Waals surface area (Å²) in [5, 5.41) is 13.9. The largest absolute Gasteiger partial charge is 0.324 e. The number of aryl methyl sites for hydroxylation is 1. The minimum absolute atomic E-state index is 0.149. The zero-order chi connectivity index (χ0) is 20.6. The molecule has 11 heteroatoms. The van der Waals surface area contributed by atoms with Gasteiger partial charge in [0, 0.05) is 11.3 Å². The summed E-state index contributed by atoms with van der Waals surface area (Å²) in [5.41, 5.74) is 2.65. The Bertz CT molecular complexity index is 1220. The molecule has 148 valence electrons. The number of benzene rings is 2. The first-order valence-corrected chi connectivity index (χ1v) is 10.2. The van der Waals surface area contributed by atoms with Crippen molar-refractivity contribution in [3.63, 3.8) is 0 Å². The lowest BCUT2D eigenvalue weighted by Gasteiger charge is -2.12. The van der Waals surface area contributed by atoms with E-state index in [-0.39, 0.29) is 16.6 Å². The van der Waals surface area contributed by atoms with Gasteiger partial charge in [-0.2, -0.15) is 0 Å². The second-order valence-electron chi connectivity index (χ2n) is 6.50. The van der Waals surface area contributed by atoms with E-state index in [9.17, 15) is 13.2 Å². The molecule has 1 aromatic heterocycles. The van der Waals surface area contributed by atoms with Gasteiger partial charge in [0.15, 0.2) is 0 Å². The van der Waals surface area contributed by atoms with Gasteiger partial charge in [0.1, 0.15) is 18.2 Å². The Kier molecular flexibility index (Phi) is 4.59. The molecule has 2 aromatic carbocycles. The summed E-state index contributed by atoms with van der Waals surface area (Å²) >= 11 is 0. The lowest BCUT2D eigenvalue weighted by molar-refractivity contribution is -0.117. The number of fused-ring (bicyclic) bond motifs is 1. The van der Waals surface area contributed by atoms with E-state index in [0.29, 0.717) is 11.3 Å². The molecule has 0 saturated carbocycles. The number of sulfonamides is 1. The lowest BCUT2D eigenvalue weighted by atomic mass is 10.1. The number of anilines is 1. The average molecular weight is 411 g/mol. The van der Waals surface area contributed by atoms with Gasteiger partial charge in [-0.3, -0.25) is 14.5 Å². The molecule has 0 aliphatic carbocycles. The van der Waals surface area contributed by atoms with E-state index in [1.807, 2.05) is 13.0 Å². The Balaban J connectivity index is 1.56. The number of hydrogen-bond donors (Lipinski definition) is 2. The maximum absolute atomic E-state index is 12.6. The highest BCUT2D eigenvalue weighted by Gasteiger charge is 2.31. The average Bonchev–Trinajstić information content (AvgIpc) is 3.31. The molecule has 2 N–H and O–H groups in total. The van der Waals surface area contributed by atoms with E-state index in [4.69, 9.17) is 0 Å². The Morgan fingerprint density at radius 1 is 1.24 bits per heavy atom. The molecule has 0 bridgehead atoms. The highest BCUT2D eigenvalue weighted by molar-refractivity contribution is 7.90. The van der Waals surface area contributed by atoms with Gasteiger partial charge in [-0.15, -0.1) is 5.10 Å². The normalized spacial score (nSPS) is 16.8. The molecule has 1 aliphatic rings. The van der Waals surface area contributed by atoms with Crippen LogP contribution < -0.4 is 10.0 Å². The second-order valence-corrected chi connectivity index (χ2v) is 8.15. The predicted molar refractivity (Wildman–Crippen MR) is 105 cm³/mol. The highest BCUT2D eigenvalue weighted by Crippen LogP contribution is 2.23. The molecule has 10 nitrogen and oxygen atoms in total. The summed E-state index contributed by atoms with van der Waals surface area (Å²) < 4.78 is 28.2. The molecule has 1 aliphatic heterocycles. The Morgan fingerprint density at radius 3 is 2.79 bits per heavy atom. The number of aromatic nitrogens is 4. The number of aliphatic imine (C=N–C) groups is 1. The van der Waals surface area contributed by atoms with Crippen LogP contribution in [0.25, 0.3) is 5.69 Å². The maximum atomic E-state index is 12.6. The Hall–Kier alpha value is -3.60. The highest BCUT2D eigenvalue weighted by atomic mass is 32.2. The molecule has 0 unspecified atom stereocenters. The minimum Gasteiger partial charge on any atom is -0.324 e. The fourth-order valence-corrected chi connectivity index (χ4v) is 4.17. The summed E-state index contributed by atoms with van der Waals surface area (Å²) in [4.78, 5) is 17.0. The molecule has 0 saturated heterocycles. The molecule has 2 heterocycles. The number of carbonyl (C=O) groups excluding carboxylic acids is 1. The van der Waals surface area contributed by atoms with E-state index in [0.717, 1.165) is 11.3 Å². The van der Waals surface area contributed by atoms with Crippen LogP contribution in [0.5, 0.6) is 0 Å². The molecule has 1 atom stereocenters. The molecule has 4 rings (SSSR count). The topological polar surface area (TPSA) is 131 Å². The molecule has 0 fully saturated rings. The number of amides is 1. The molecule has 3 aromatic rings. The van der Waals surface area contributed by atoms with Crippen molar-refractivity contribution in [2.75, 3.05) is 5.32 Å². The first-order valence-electron chi connectivity index (χ1n) is 8.70. The number of carbonyl (C=O) groups is 1. The van der Waals surface area contributed by atoms with Crippen molar-refractivity contribution in [1.29, 1.82) is 0 Å². The molecule has 29 heavy (non-hydrogen) atoms. The fourth-order valence-electron chi connectivity index (χ4n) is 2.93. The van der Waals surface area contributed by atoms with E-state index in [1.54, 1.807) is 37.3 Å². The number of amidine groups is 1. The van der Waals surface area contributed by atoms with Gasteiger partial charge in [0.25, 0.3) is 10.0 Å². The number of rotatable bonds is 4. The van der Waals surface area contributed by atoms with Crippen molar-refractivity contribution in [3.8, 4) is 5.69 Å². The first kappa shape index (κ1) is 18.7. The van der Waals surface area contributed by atoms with Crippen LogP contribution in [0.2, 0.25) is 0 Å². The van der Waals surface area contributed by atoms with Crippen molar-refractivity contribution in [1.82, 2.24) is 24.9 Å². The van der Waals surface area contributed by atoms with Crippen molar-refractivity contribution >= 4 is 27.5 Å². The van der Waals surface area contributed by atoms with Gasteiger partial charge in [0.05, 0.1) is 10.6 Å². The van der Waals surface area contributed by atoms with Crippen molar-refractivity contribution in [2.24, 2.45) is 4.99 Å². The zero-order valence-corrected chi connectivity index (χ0v) is 16.4. The fraction of sp³-hybridized carbons (Fsp3) is 0.167. The zero-order valence-electron chi connectivity index (χ0n) is 15.6. The van der Waals surface area contributed by atoms with Crippen LogP contribution in [0.3, 0.4) is 0 Å². The quantitative estimate of drug-likeness (QED) is 0.659. The molecule has 0 radical (unpaired) electrons. The third-order valence-electron chi connectivity index (χ3n) is 4.44. The summed E-state index contributed by atoms with van der Waals surface area (Å²) in [6.07, 6.45) is 1.46. The minimum atomic E-state index is -3.65. The summed E-state index contributed by atoms with van der Waals surface area (Å²) in [6.45, 7) is 3.49. The Morgan fingerprint density at radius 2 is 2.03 bits per heavy atom. The number of tetrazole rings is 1. The van der Waals surface area contributed by atoms with Crippen LogP contribution in [0, 0.1) is 6.92 Å². The van der Waals surface area contributed by atoms with Crippen molar-refractivity contribution in [3.05, 3.63) is 59.9 Å². The number of nitrogens with zero attached hydrogens (tertiary/aromatic N) is 5. The number of nitrogens with one attached hydrogen (secondary N) is 2. The first-order chi connectivity index (χ1) is 13.8. The SMILES string of the molecule is Cc1ccc(NC(=O)[C@H](C)N=C2NS(=O)(=O)c3ccccc32)cc1-n1cnnn1. The van der Waals surface area contributed by atoms with Gasteiger partial charge in [0.2, 0.25) is 5.91 Å². The smallest absolute Gasteiger partial charge is 0.263 e. The van der Waals surface area contributed by atoms with Crippen LogP contribution in [-0.4, -0.2) is 46.4 Å². The van der Waals surface area contributed by atoms with Crippen LogP contribution in [0.1, 0.15) is 18.1 Å². The van der Waals surface area contributed by atoms with Crippen LogP contribution in [0.4, 0.5) is 5.69 Å². The maximum Gasteiger partial charge on any atom is 0.263 e. The van der Waals surface area contributed by atoms with Crippen LogP contribution in [-0.2, 0) is 14.8 Å². The third-order valence-corrected chi connectivity index (χ3v) is 5.83. The van der Waals surface area contributed by atoms with Gasteiger partial charge in [-0.1, -0.05) is 18.2 Å². The molecular weight excluding hydrogens is 394 g/mol. The predicted octanol–water partition coefficient (Wildman–Crippen LogP) is 1.04. The summed E-state index contributed by atoms with van der Waals surface area (Å²) in [5.74, 6) is -0.228. The van der Waals surface area contributed by atoms with Gasteiger partial charge < -0.3 is 5.32 Å². The summed E-state index contributed by atoms with van der Waals surface area (Å²) in [6, 6.07) is 11.0. The monoisotopic (exact) mass is 411 g/mol. The Labute approximate surface area is 166 Å². The van der Waals surface area contributed by atoms with E-state index in [1.165, 1.54) is 17.1 Å². The molecule has 1 amide bonds. The van der Waals surface area contributed by atoms with Gasteiger partial charge in [-0.05, 0) is 54.1 Å². The summed E-state index contributed by atoms with van der Waals surface area (Å²) in [7, 11) is -3.65. The van der Waals surface area contributed by atoms with Crippen LogP contribution in [0.15, 0.2) is 58.7 Å². The van der Waals surface area contributed by atoms with Gasteiger partial charge in [-0.25, -0.2) is 13.1 Å². The molecular formula is C18H17N7O3S. The van der Waals surface area contributed by atoms with E-state index in [2.05, 4.69) is 30.6 Å².